The van der Waals surface area contributed by atoms with Gasteiger partial charge in [-0.05, 0) is 23.1 Å². The van der Waals surface area contributed by atoms with Crippen LogP contribution in [0.4, 0.5) is 15.8 Å². The third-order valence-electron chi connectivity index (χ3n) is 3.29. The van der Waals surface area contributed by atoms with E-state index in [1.165, 1.54) is 17.7 Å². The van der Waals surface area contributed by atoms with Gasteiger partial charge in [0, 0.05) is 12.6 Å². The maximum atomic E-state index is 13.7. The van der Waals surface area contributed by atoms with Crippen LogP contribution in [-0.4, -0.2) is 4.92 Å². The Morgan fingerprint density at radius 1 is 1.19 bits per heavy atom. The van der Waals surface area contributed by atoms with Gasteiger partial charge in [0.2, 0.25) is 0 Å². The van der Waals surface area contributed by atoms with Gasteiger partial charge in [-0.2, -0.15) is 0 Å². The number of halogens is 1. The van der Waals surface area contributed by atoms with Crippen LogP contribution in [0.15, 0.2) is 42.5 Å². The van der Waals surface area contributed by atoms with E-state index in [0.29, 0.717) is 12.5 Å². The number of nitrogens with zero attached hydrogens (tertiary/aromatic N) is 1. The molecule has 2 aromatic carbocycles. The summed E-state index contributed by atoms with van der Waals surface area (Å²) in [4.78, 5) is 9.94. The van der Waals surface area contributed by atoms with Crippen LogP contribution in [0.3, 0.4) is 0 Å². The zero-order valence-corrected chi connectivity index (χ0v) is 12.0. The lowest BCUT2D eigenvalue weighted by Gasteiger charge is -2.09. The normalized spacial score (nSPS) is 10.7. The molecule has 0 aromatic heterocycles. The van der Waals surface area contributed by atoms with Gasteiger partial charge < -0.3 is 5.32 Å². The largest absolute Gasteiger partial charge is 0.379 e. The molecule has 0 aliphatic rings. The Labute approximate surface area is 122 Å². The molecule has 0 amide bonds. The van der Waals surface area contributed by atoms with E-state index in [2.05, 4.69) is 19.2 Å². The predicted octanol–water partition coefficient (Wildman–Crippen LogP) is 4.47. The van der Waals surface area contributed by atoms with Crippen LogP contribution >= 0.6 is 0 Å². The minimum atomic E-state index is -0.622. The third kappa shape index (κ3) is 3.78. The van der Waals surface area contributed by atoms with Crippen LogP contribution in [0.5, 0.6) is 0 Å². The number of nitrogens with one attached hydrogen (secondary N) is 1. The average Bonchev–Trinajstić information content (AvgIpc) is 2.46. The molecule has 1 N–H and O–H groups in total. The maximum absolute atomic E-state index is 13.7. The lowest BCUT2D eigenvalue weighted by atomic mass is 10.0. The molecule has 0 atom stereocenters. The fourth-order valence-corrected chi connectivity index (χ4v) is 1.98. The molecule has 0 aliphatic heterocycles. The summed E-state index contributed by atoms with van der Waals surface area (Å²) < 4.78 is 13.7. The van der Waals surface area contributed by atoms with Crippen molar-refractivity contribution < 1.29 is 9.31 Å². The van der Waals surface area contributed by atoms with Crippen LogP contribution in [0, 0.1) is 15.9 Å². The van der Waals surface area contributed by atoms with Gasteiger partial charge in [0.25, 0.3) is 5.69 Å². The Hall–Kier alpha value is -2.43. The highest BCUT2D eigenvalue weighted by Gasteiger charge is 2.10. The fourth-order valence-electron chi connectivity index (χ4n) is 1.98. The second-order valence-corrected chi connectivity index (χ2v) is 5.17. The van der Waals surface area contributed by atoms with Crippen molar-refractivity contribution in [2.75, 3.05) is 5.32 Å². The molecule has 0 aliphatic carbocycles. The van der Waals surface area contributed by atoms with Crippen LogP contribution in [0.2, 0.25) is 0 Å². The molecule has 0 saturated heterocycles. The van der Waals surface area contributed by atoms with Gasteiger partial charge in [-0.15, -0.1) is 0 Å². The van der Waals surface area contributed by atoms with E-state index < -0.39 is 10.7 Å². The molecule has 0 saturated carbocycles. The number of rotatable bonds is 5. The van der Waals surface area contributed by atoms with Gasteiger partial charge in [-0.1, -0.05) is 38.1 Å². The van der Waals surface area contributed by atoms with E-state index in [4.69, 9.17) is 0 Å². The number of nitro benzene ring substituents is 1. The maximum Gasteiger partial charge on any atom is 0.272 e. The molecule has 0 fully saturated rings. The summed E-state index contributed by atoms with van der Waals surface area (Å²) in [6, 6.07) is 11.7. The first-order chi connectivity index (χ1) is 9.97. The Bertz CT molecular complexity index is 639. The Kier molecular flexibility index (Phi) is 4.52. The monoisotopic (exact) mass is 288 g/mol. The molecular weight excluding hydrogens is 271 g/mol. The first-order valence-electron chi connectivity index (χ1n) is 6.74. The van der Waals surface area contributed by atoms with Crippen molar-refractivity contribution in [2.45, 2.75) is 26.3 Å². The summed E-state index contributed by atoms with van der Waals surface area (Å²) in [6.45, 7) is 4.71. The van der Waals surface area contributed by atoms with E-state index in [1.807, 2.05) is 24.3 Å². The lowest BCUT2D eigenvalue weighted by molar-refractivity contribution is -0.385. The highest BCUT2D eigenvalue weighted by molar-refractivity contribution is 5.50. The molecule has 0 heterocycles. The van der Waals surface area contributed by atoms with Gasteiger partial charge in [-0.25, -0.2) is 4.39 Å². The summed E-state index contributed by atoms with van der Waals surface area (Å²) >= 11 is 0. The van der Waals surface area contributed by atoms with Crippen LogP contribution < -0.4 is 5.32 Å². The van der Waals surface area contributed by atoms with Crippen molar-refractivity contribution in [1.29, 1.82) is 0 Å². The Morgan fingerprint density at radius 2 is 1.86 bits per heavy atom. The minimum absolute atomic E-state index is 0.251. The molecule has 4 nitrogen and oxygen atoms in total. The first-order valence-corrected chi connectivity index (χ1v) is 6.74. The van der Waals surface area contributed by atoms with E-state index in [0.717, 1.165) is 11.6 Å². The molecule has 2 aromatic rings. The summed E-state index contributed by atoms with van der Waals surface area (Å²) in [5.41, 5.74) is 2.28. The summed E-state index contributed by atoms with van der Waals surface area (Å²) in [7, 11) is 0. The second-order valence-electron chi connectivity index (χ2n) is 5.17. The zero-order valence-electron chi connectivity index (χ0n) is 12.0. The number of anilines is 1. The second kappa shape index (κ2) is 6.35. The first kappa shape index (κ1) is 15.0. The van der Waals surface area contributed by atoms with Crippen LogP contribution in [0.1, 0.15) is 30.9 Å². The molecule has 0 spiro atoms. The van der Waals surface area contributed by atoms with Gasteiger partial charge in [0.05, 0.1) is 16.7 Å². The molecule has 5 heteroatoms. The molecule has 21 heavy (non-hydrogen) atoms. The van der Waals surface area contributed by atoms with E-state index in [1.54, 1.807) is 0 Å². The highest BCUT2D eigenvalue weighted by Crippen LogP contribution is 2.21. The number of benzene rings is 2. The van der Waals surface area contributed by atoms with Gasteiger partial charge in [0.15, 0.2) is 5.82 Å². The van der Waals surface area contributed by atoms with Crippen molar-refractivity contribution in [3.63, 3.8) is 0 Å². The summed E-state index contributed by atoms with van der Waals surface area (Å²) in [6.07, 6.45) is 0. The van der Waals surface area contributed by atoms with Crippen LogP contribution in [-0.2, 0) is 6.54 Å². The third-order valence-corrected chi connectivity index (χ3v) is 3.29. The number of hydrogen-bond donors (Lipinski definition) is 1. The molecule has 0 unspecified atom stereocenters. The average molecular weight is 288 g/mol. The smallest absolute Gasteiger partial charge is 0.272 e. The number of hydrogen-bond acceptors (Lipinski definition) is 3. The summed E-state index contributed by atoms with van der Waals surface area (Å²) in [5.74, 6) is -0.151. The van der Waals surface area contributed by atoms with Gasteiger partial charge in [0.1, 0.15) is 0 Å². The van der Waals surface area contributed by atoms with Crippen molar-refractivity contribution in [1.82, 2.24) is 0 Å². The SMILES string of the molecule is CC(C)c1ccc(CNc2ccc([N+](=O)[O-])cc2F)cc1. The van der Waals surface area contributed by atoms with Crippen molar-refractivity contribution in [3.8, 4) is 0 Å². The zero-order chi connectivity index (χ0) is 15.4. The molecular formula is C16H17FN2O2. The van der Waals surface area contributed by atoms with Crippen molar-refractivity contribution in [2.24, 2.45) is 0 Å². The van der Waals surface area contributed by atoms with Crippen LogP contribution in [0.25, 0.3) is 0 Å². The van der Waals surface area contributed by atoms with E-state index in [-0.39, 0.29) is 11.4 Å². The van der Waals surface area contributed by atoms with Crippen molar-refractivity contribution >= 4 is 11.4 Å². The topological polar surface area (TPSA) is 55.2 Å². The standard InChI is InChI=1S/C16H17FN2O2/c1-11(2)13-5-3-12(4-6-13)10-18-16-8-7-14(19(20)21)9-15(16)17/h3-9,11,18H,10H2,1-2H3. The summed E-state index contributed by atoms with van der Waals surface area (Å²) in [5, 5.41) is 13.5. The molecule has 0 radical (unpaired) electrons. The quantitative estimate of drug-likeness (QED) is 0.652. The molecule has 0 bridgehead atoms. The van der Waals surface area contributed by atoms with Gasteiger partial charge >= 0.3 is 0 Å². The Balaban J connectivity index is 2.04. The lowest BCUT2D eigenvalue weighted by Crippen LogP contribution is -2.02. The Morgan fingerprint density at radius 3 is 2.38 bits per heavy atom. The molecule has 110 valence electrons. The predicted molar refractivity (Wildman–Crippen MR) is 80.9 cm³/mol. The highest BCUT2D eigenvalue weighted by atomic mass is 19.1. The van der Waals surface area contributed by atoms with E-state index in [9.17, 15) is 14.5 Å². The molecule has 2 rings (SSSR count). The van der Waals surface area contributed by atoms with Crippen molar-refractivity contribution in [3.05, 3.63) is 69.5 Å². The van der Waals surface area contributed by atoms with E-state index >= 15 is 0 Å². The number of non-ortho nitro benzene ring substituents is 1. The minimum Gasteiger partial charge on any atom is -0.379 e. The fraction of sp³-hybridized carbons (Fsp3) is 0.250. The number of nitro groups is 1. The van der Waals surface area contributed by atoms with Gasteiger partial charge in [-0.3, -0.25) is 10.1 Å².